The van der Waals surface area contributed by atoms with Crippen molar-refractivity contribution in [1.29, 1.82) is 0 Å². The average Bonchev–Trinajstić information content (AvgIpc) is 2.48. The Balaban J connectivity index is 1.55. The van der Waals surface area contributed by atoms with Crippen LogP contribution in [-0.2, 0) is 17.6 Å². The number of carbonyl (C=O) groups excluding carboxylic acids is 1. The van der Waals surface area contributed by atoms with Crippen molar-refractivity contribution in [3.63, 3.8) is 0 Å². The molecule has 1 aliphatic heterocycles. The Bertz CT molecular complexity index is 480. The Kier molecular flexibility index (Phi) is 4.03. The van der Waals surface area contributed by atoms with Gasteiger partial charge in [0.1, 0.15) is 0 Å². The summed E-state index contributed by atoms with van der Waals surface area (Å²) in [5.74, 6) is 0.133. The lowest BCUT2D eigenvalue weighted by Gasteiger charge is -2.31. The van der Waals surface area contributed by atoms with Crippen LogP contribution in [0.2, 0.25) is 0 Å². The quantitative estimate of drug-likeness (QED) is 0.740. The van der Waals surface area contributed by atoms with Crippen LogP contribution in [0.4, 0.5) is 0 Å². The molecule has 0 radical (unpaired) electrons. The van der Waals surface area contributed by atoms with Gasteiger partial charge in [0.05, 0.1) is 6.04 Å². The number of rotatable bonds is 2. The zero-order chi connectivity index (χ0) is 13.9. The highest BCUT2D eigenvalue weighted by molar-refractivity contribution is 5.82. The molecule has 1 aliphatic carbocycles. The minimum absolute atomic E-state index is 0.0941. The fourth-order valence-electron chi connectivity index (χ4n) is 3.09. The molecule has 4 nitrogen and oxygen atoms in total. The summed E-state index contributed by atoms with van der Waals surface area (Å²) in [6.07, 6.45) is 3.06. The smallest absolute Gasteiger partial charge is 0.238 e. The first kappa shape index (κ1) is 13.6. The van der Waals surface area contributed by atoms with Gasteiger partial charge in [0, 0.05) is 25.2 Å². The molecule has 0 aromatic heterocycles. The van der Waals surface area contributed by atoms with Gasteiger partial charge in [0.2, 0.25) is 5.91 Å². The third kappa shape index (κ3) is 3.02. The molecule has 4 heteroatoms. The van der Waals surface area contributed by atoms with Crippen LogP contribution in [0.3, 0.4) is 0 Å². The third-order valence-corrected chi connectivity index (χ3v) is 4.35. The molecule has 1 fully saturated rings. The van der Waals surface area contributed by atoms with Crippen LogP contribution in [-0.4, -0.2) is 37.1 Å². The summed E-state index contributed by atoms with van der Waals surface area (Å²) >= 11 is 0. The molecule has 1 amide bonds. The fraction of sp³-hybridized carbons (Fsp3) is 0.562. The van der Waals surface area contributed by atoms with E-state index in [4.69, 9.17) is 0 Å². The maximum Gasteiger partial charge on any atom is 0.238 e. The lowest BCUT2D eigenvalue weighted by atomic mass is 9.88. The van der Waals surface area contributed by atoms with Crippen LogP contribution < -0.4 is 16.0 Å². The highest BCUT2D eigenvalue weighted by Crippen LogP contribution is 2.21. The highest BCUT2D eigenvalue weighted by Gasteiger charge is 2.26. The van der Waals surface area contributed by atoms with Gasteiger partial charge in [-0.15, -0.1) is 0 Å². The van der Waals surface area contributed by atoms with E-state index >= 15 is 0 Å². The van der Waals surface area contributed by atoms with Crippen LogP contribution in [0.15, 0.2) is 24.3 Å². The fourth-order valence-corrected chi connectivity index (χ4v) is 3.09. The Morgan fingerprint density at radius 2 is 2.00 bits per heavy atom. The first-order valence-corrected chi connectivity index (χ1v) is 7.56. The molecular formula is C16H23N3O. The largest absolute Gasteiger partial charge is 0.352 e. The average molecular weight is 273 g/mol. The predicted octanol–water partition coefficient (Wildman–Crippen LogP) is 0.610. The van der Waals surface area contributed by atoms with Gasteiger partial charge in [-0.1, -0.05) is 24.3 Å². The summed E-state index contributed by atoms with van der Waals surface area (Å²) in [7, 11) is 0. The topological polar surface area (TPSA) is 53.2 Å². The van der Waals surface area contributed by atoms with Crippen LogP contribution in [0.5, 0.6) is 0 Å². The number of aryl methyl sites for hydroxylation is 1. The van der Waals surface area contributed by atoms with Gasteiger partial charge in [0.15, 0.2) is 0 Å². The lowest BCUT2D eigenvalue weighted by Crippen LogP contribution is -2.60. The molecule has 20 heavy (non-hydrogen) atoms. The van der Waals surface area contributed by atoms with Crippen LogP contribution in [0, 0.1) is 0 Å². The molecule has 1 aromatic carbocycles. The van der Waals surface area contributed by atoms with Gasteiger partial charge in [-0.3, -0.25) is 4.79 Å². The number of fused-ring (bicyclic) bond motifs is 1. The normalized spacial score (nSPS) is 29.6. The number of benzene rings is 1. The maximum atomic E-state index is 12.3. The van der Waals surface area contributed by atoms with Gasteiger partial charge in [-0.25, -0.2) is 0 Å². The van der Waals surface area contributed by atoms with Crippen LogP contribution in [0.1, 0.15) is 24.5 Å². The second kappa shape index (κ2) is 5.94. The van der Waals surface area contributed by atoms with Crippen LogP contribution >= 0.6 is 0 Å². The number of carbonyl (C=O) groups is 1. The van der Waals surface area contributed by atoms with Crippen molar-refractivity contribution in [2.24, 2.45) is 0 Å². The van der Waals surface area contributed by atoms with Crippen molar-refractivity contribution in [2.75, 3.05) is 13.1 Å². The number of amides is 1. The van der Waals surface area contributed by atoms with E-state index in [2.05, 4.69) is 47.1 Å². The van der Waals surface area contributed by atoms with Crippen molar-refractivity contribution in [2.45, 2.75) is 44.3 Å². The van der Waals surface area contributed by atoms with E-state index in [0.717, 1.165) is 32.4 Å². The monoisotopic (exact) mass is 273 g/mol. The zero-order valence-corrected chi connectivity index (χ0v) is 12.0. The molecule has 3 rings (SSSR count). The van der Waals surface area contributed by atoms with Gasteiger partial charge >= 0.3 is 0 Å². The van der Waals surface area contributed by atoms with E-state index in [1.54, 1.807) is 0 Å². The molecule has 1 saturated heterocycles. The summed E-state index contributed by atoms with van der Waals surface area (Å²) in [5, 5.41) is 9.85. The maximum absolute atomic E-state index is 12.3. The first-order chi connectivity index (χ1) is 9.72. The molecule has 3 unspecified atom stereocenters. The van der Waals surface area contributed by atoms with E-state index in [1.807, 2.05) is 0 Å². The van der Waals surface area contributed by atoms with Gasteiger partial charge < -0.3 is 16.0 Å². The number of piperazine rings is 1. The van der Waals surface area contributed by atoms with Gasteiger partial charge in [-0.2, -0.15) is 0 Å². The highest BCUT2D eigenvalue weighted by atomic mass is 16.2. The number of nitrogens with one attached hydrogen (secondary N) is 3. The summed E-state index contributed by atoms with van der Waals surface area (Å²) in [6, 6.07) is 9.17. The molecule has 3 atom stereocenters. The van der Waals surface area contributed by atoms with Crippen LogP contribution in [0.25, 0.3) is 0 Å². The van der Waals surface area contributed by atoms with E-state index < -0.39 is 0 Å². The molecule has 1 aromatic rings. The molecule has 0 bridgehead atoms. The Hall–Kier alpha value is -1.39. The molecule has 0 saturated carbocycles. The minimum Gasteiger partial charge on any atom is -0.352 e. The summed E-state index contributed by atoms with van der Waals surface area (Å²) in [5.41, 5.74) is 2.82. The van der Waals surface area contributed by atoms with Crippen molar-refractivity contribution in [1.82, 2.24) is 16.0 Å². The standard InChI is InChI=1S/C16H23N3O/c1-11-9-18-15(10-17-11)16(20)19-14-7-6-12-4-2-3-5-13(12)8-14/h2-5,11,14-15,17-18H,6-10H2,1H3,(H,19,20). The van der Waals surface area contributed by atoms with Gasteiger partial charge in [0.25, 0.3) is 0 Å². The Morgan fingerprint density at radius 1 is 1.20 bits per heavy atom. The number of hydrogen-bond acceptors (Lipinski definition) is 3. The van der Waals surface area contributed by atoms with E-state index in [-0.39, 0.29) is 18.0 Å². The molecule has 2 aliphatic rings. The Labute approximate surface area is 120 Å². The van der Waals surface area contributed by atoms with E-state index in [1.165, 1.54) is 11.1 Å². The molecular weight excluding hydrogens is 250 g/mol. The Morgan fingerprint density at radius 3 is 2.75 bits per heavy atom. The first-order valence-electron chi connectivity index (χ1n) is 7.56. The summed E-state index contributed by atoms with van der Waals surface area (Å²) < 4.78 is 0. The lowest BCUT2D eigenvalue weighted by molar-refractivity contribution is -0.124. The van der Waals surface area contributed by atoms with Crippen molar-refractivity contribution in [3.05, 3.63) is 35.4 Å². The van der Waals surface area contributed by atoms with Crippen molar-refractivity contribution >= 4 is 5.91 Å². The third-order valence-electron chi connectivity index (χ3n) is 4.35. The molecule has 3 N–H and O–H groups in total. The van der Waals surface area contributed by atoms with Crippen molar-refractivity contribution in [3.8, 4) is 0 Å². The predicted molar refractivity (Wildman–Crippen MR) is 79.7 cm³/mol. The van der Waals surface area contributed by atoms with E-state index in [0.29, 0.717) is 6.04 Å². The SMILES string of the molecule is CC1CNC(C(=O)NC2CCc3ccccc3C2)CN1. The van der Waals surface area contributed by atoms with E-state index in [9.17, 15) is 4.79 Å². The van der Waals surface area contributed by atoms with Gasteiger partial charge in [-0.05, 0) is 37.3 Å². The minimum atomic E-state index is -0.0941. The summed E-state index contributed by atoms with van der Waals surface area (Å²) in [6.45, 7) is 3.70. The second-order valence-electron chi connectivity index (χ2n) is 5.99. The summed E-state index contributed by atoms with van der Waals surface area (Å²) in [4.78, 5) is 12.3. The second-order valence-corrected chi connectivity index (χ2v) is 5.99. The molecule has 0 spiro atoms. The zero-order valence-electron chi connectivity index (χ0n) is 12.0. The molecule has 108 valence electrons. The molecule has 1 heterocycles. The van der Waals surface area contributed by atoms with Crippen molar-refractivity contribution < 1.29 is 4.79 Å². The number of hydrogen-bond donors (Lipinski definition) is 3.